The van der Waals surface area contributed by atoms with Crippen LogP contribution in [-0.2, 0) is 6.54 Å². The molecule has 2 aromatic rings. The second-order valence-corrected chi connectivity index (χ2v) is 5.98. The highest BCUT2D eigenvalue weighted by atomic mass is 35.5. The maximum absolute atomic E-state index is 12.5. The molecule has 3 rings (SSSR count). The lowest BCUT2D eigenvalue weighted by molar-refractivity contribution is 0.0712. The Bertz CT molecular complexity index is 655. The van der Waals surface area contributed by atoms with Crippen LogP contribution in [0, 0.1) is 0 Å². The molecule has 1 aliphatic heterocycles. The zero-order valence-electron chi connectivity index (χ0n) is 14.3. The number of carbonyl (C=O) groups is 1. The molecule has 0 saturated carbocycles. The molecule has 0 unspecified atom stereocenters. The highest BCUT2D eigenvalue weighted by Gasteiger charge is 2.26. The van der Waals surface area contributed by atoms with Gasteiger partial charge in [0.2, 0.25) is 0 Å². The molecule has 0 aliphatic carbocycles. The Morgan fingerprint density at radius 1 is 1.24 bits per heavy atom. The Hall–Kier alpha value is -1.69. The molecule has 5 nitrogen and oxygen atoms in total. The van der Waals surface area contributed by atoms with Crippen molar-refractivity contribution >= 4 is 36.4 Å². The van der Waals surface area contributed by atoms with Gasteiger partial charge in [-0.15, -0.1) is 24.8 Å². The quantitative estimate of drug-likeness (QED) is 0.876. The van der Waals surface area contributed by atoms with Crippen LogP contribution in [-0.4, -0.2) is 37.0 Å². The first-order valence-corrected chi connectivity index (χ1v) is 8.03. The molecular formula is C18H25Cl2N3O2. The summed E-state index contributed by atoms with van der Waals surface area (Å²) in [6, 6.07) is 12.6. The topological polar surface area (TPSA) is 62.7 Å². The van der Waals surface area contributed by atoms with Crippen LogP contribution in [0.2, 0.25) is 0 Å². The predicted molar refractivity (Wildman–Crippen MR) is 105 cm³/mol. The molecule has 138 valence electrons. The van der Waals surface area contributed by atoms with E-state index < -0.39 is 0 Å². The highest BCUT2D eigenvalue weighted by Crippen LogP contribution is 2.23. The van der Waals surface area contributed by atoms with Crippen molar-refractivity contribution in [3.63, 3.8) is 0 Å². The van der Waals surface area contributed by atoms with Gasteiger partial charge in [-0.05, 0) is 31.0 Å². The van der Waals surface area contributed by atoms with Crippen molar-refractivity contribution < 1.29 is 9.21 Å². The van der Waals surface area contributed by atoms with Crippen LogP contribution in [0.25, 0.3) is 0 Å². The number of anilines is 1. The fourth-order valence-corrected chi connectivity index (χ4v) is 3.11. The number of benzene rings is 1. The van der Waals surface area contributed by atoms with E-state index in [0.29, 0.717) is 23.9 Å². The molecule has 0 radical (unpaired) electrons. The zero-order chi connectivity index (χ0) is 16.2. The molecule has 1 aliphatic rings. The van der Waals surface area contributed by atoms with Crippen LogP contribution in [0.4, 0.5) is 5.69 Å². The van der Waals surface area contributed by atoms with E-state index in [4.69, 9.17) is 10.2 Å². The molecule has 1 aromatic carbocycles. The number of carbonyl (C=O) groups excluding carboxylic acids is 1. The summed E-state index contributed by atoms with van der Waals surface area (Å²) in [7, 11) is 2.13. The van der Waals surface area contributed by atoms with Gasteiger partial charge in [0.25, 0.3) is 5.91 Å². The third-order valence-electron chi connectivity index (χ3n) is 4.56. The third-order valence-corrected chi connectivity index (χ3v) is 4.56. The van der Waals surface area contributed by atoms with Gasteiger partial charge in [-0.3, -0.25) is 4.79 Å². The minimum Gasteiger partial charge on any atom is -0.467 e. The van der Waals surface area contributed by atoms with Crippen molar-refractivity contribution in [2.45, 2.75) is 25.4 Å². The zero-order valence-corrected chi connectivity index (χ0v) is 15.9. The average Bonchev–Trinajstić information content (AvgIpc) is 3.10. The molecule has 1 saturated heterocycles. The van der Waals surface area contributed by atoms with Crippen molar-refractivity contribution in [1.82, 2.24) is 4.90 Å². The van der Waals surface area contributed by atoms with E-state index >= 15 is 0 Å². The summed E-state index contributed by atoms with van der Waals surface area (Å²) >= 11 is 0. The normalized spacial score (nSPS) is 14.4. The van der Waals surface area contributed by atoms with Crippen molar-refractivity contribution in [1.29, 1.82) is 0 Å². The van der Waals surface area contributed by atoms with Gasteiger partial charge in [0.05, 0.1) is 12.1 Å². The minimum absolute atomic E-state index is 0. The van der Waals surface area contributed by atoms with Crippen molar-refractivity contribution in [3.05, 3.63) is 54.0 Å². The smallest absolute Gasteiger partial charge is 0.257 e. The van der Waals surface area contributed by atoms with E-state index in [1.54, 1.807) is 6.07 Å². The fraction of sp³-hybridized carbons (Fsp3) is 0.389. The van der Waals surface area contributed by atoms with Crippen LogP contribution in [0.3, 0.4) is 0 Å². The number of hydrogen-bond donors (Lipinski definition) is 1. The summed E-state index contributed by atoms with van der Waals surface area (Å²) in [6.45, 7) is 1.85. The number of piperidine rings is 1. The summed E-state index contributed by atoms with van der Waals surface area (Å²) in [5, 5.41) is 0. The van der Waals surface area contributed by atoms with Crippen LogP contribution in [0.15, 0.2) is 47.1 Å². The van der Waals surface area contributed by atoms with Crippen molar-refractivity contribution in [3.8, 4) is 0 Å². The molecule has 0 spiro atoms. The standard InChI is InChI=1S/C18H23N3O2.2ClH/c1-20(15-5-3-2-4-6-15)16-7-9-21(10-8-16)18(22)14-11-17(12-19)23-13-14;;/h2-6,11,13,16H,7-10,12,19H2,1H3;2*1H. The average molecular weight is 386 g/mol. The first-order chi connectivity index (χ1) is 11.2. The molecule has 0 bridgehead atoms. The molecule has 1 fully saturated rings. The number of likely N-dealkylation sites (tertiary alicyclic amines) is 1. The molecular weight excluding hydrogens is 361 g/mol. The monoisotopic (exact) mass is 385 g/mol. The van der Waals surface area contributed by atoms with Crippen LogP contribution < -0.4 is 10.6 Å². The Labute approximate surface area is 161 Å². The Balaban J connectivity index is 0.00000156. The van der Waals surface area contributed by atoms with Gasteiger partial charge >= 0.3 is 0 Å². The summed E-state index contributed by atoms with van der Waals surface area (Å²) in [4.78, 5) is 16.7. The van der Waals surface area contributed by atoms with E-state index in [2.05, 4.69) is 36.2 Å². The van der Waals surface area contributed by atoms with Crippen LogP contribution in [0.1, 0.15) is 29.0 Å². The number of amides is 1. The number of hydrogen-bond acceptors (Lipinski definition) is 4. The van der Waals surface area contributed by atoms with E-state index in [1.165, 1.54) is 12.0 Å². The van der Waals surface area contributed by atoms with Crippen molar-refractivity contribution in [2.75, 3.05) is 25.0 Å². The summed E-state index contributed by atoms with van der Waals surface area (Å²) < 4.78 is 5.26. The van der Waals surface area contributed by atoms with Crippen molar-refractivity contribution in [2.24, 2.45) is 5.73 Å². The predicted octanol–water partition coefficient (Wildman–Crippen LogP) is 3.32. The highest BCUT2D eigenvalue weighted by molar-refractivity contribution is 5.94. The summed E-state index contributed by atoms with van der Waals surface area (Å²) in [6.07, 6.45) is 3.45. The first-order valence-electron chi connectivity index (χ1n) is 8.03. The number of nitrogens with zero attached hydrogens (tertiary/aromatic N) is 2. The number of para-hydroxylation sites is 1. The fourth-order valence-electron chi connectivity index (χ4n) is 3.11. The third kappa shape index (κ3) is 4.91. The molecule has 7 heteroatoms. The van der Waals surface area contributed by atoms with E-state index in [0.717, 1.165) is 25.9 Å². The maximum atomic E-state index is 12.5. The Morgan fingerprint density at radius 3 is 2.44 bits per heavy atom. The molecule has 2 heterocycles. The van der Waals surface area contributed by atoms with E-state index in [1.807, 2.05) is 11.0 Å². The maximum Gasteiger partial charge on any atom is 0.257 e. The SMILES string of the molecule is CN(c1ccccc1)C1CCN(C(=O)c2coc(CN)c2)CC1.Cl.Cl. The Morgan fingerprint density at radius 2 is 1.88 bits per heavy atom. The number of halogens is 2. The van der Waals surface area contributed by atoms with E-state index in [-0.39, 0.29) is 30.7 Å². The van der Waals surface area contributed by atoms with Crippen LogP contribution in [0.5, 0.6) is 0 Å². The second kappa shape index (κ2) is 9.70. The van der Waals surface area contributed by atoms with Gasteiger partial charge in [-0.2, -0.15) is 0 Å². The number of furan rings is 1. The minimum atomic E-state index is 0. The second-order valence-electron chi connectivity index (χ2n) is 5.98. The molecule has 1 amide bonds. The summed E-state index contributed by atoms with van der Waals surface area (Å²) in [5.74, 6) is 0.682. The molecule has 2 N–H and O–H groups in total. The Kier molecular flexibility index (Phi) is 8.29. The number of nitrogens with two attached hydrogens (primary N) is 1. The van der Waals surface area contributed by atoms with Gasteiger partial charge < -0.3 is 20.0 Å². The number of rotatable bonds is 4. The van der Waals surface area contributed by atoms with Gasteiger partial charge in [0.1, 0.15) is 12.0 Å². The van der Waals surface area contributed by atoms with Crippen LogP contribution >= 0.6 is 24.8 Å². The molecule has 25 heavy (non-hydrogen) atoms. The van der Waals surface area contributed by atoms with Gasteiger partial charge in [-0.25, -0.2) is 0 Å². The van der Waals surface area contributed by atoms with Gasteiger partial charge in [-0.1, -0.05) is 18.2 Å². The largest absolute Gasteiger partial charge is 0.467 e. The molecule has 0 atom stereocenters. The first kappa shape index (κ1) is 21.4. The van der Waals surface area contributed by atoms with Gasteiger partial charge in [0.15, 0.2) is 0 Å². The summed E-state index contributed by atoms with van der Waals surface area (Å²) in [5.41, 5.74) is 7.34. The lowest BCUT2D eigenvalue weighted by Gasteiger charge is -2.37. The lowest BCUT2D eigenvalue weighted by atomic mass is 10.0. The lowest BCUT2D eigenvalue weighted by Crippen LogP contribution is -2.45. The van der Waals surface area contributed by atoms with E-state index in [9.17, 15) is 4.79 Å². The van der Waals surface area contributed by atoms with Gasteiger partial charge in [0, 0.05) is 31.9 Å². The molecule has 1 aromatic heterocycles.